The fraction of sp³-hybridized carbons (Fsp3) is 0.182. The highest BCUT2D eigenvalue weighted by Crippen LogP contribution is 2.30. The molecule has 0 spiro atoms. The fourth-order valence-electron chi connectivity index (χ4n) is 1.58. The quantitative estimate of drug-likeness (QED) is 0.769. The van der Waals surface area contributed by atoms with E-state index in [2.05, 4.69) is 19.9 Å². The van der Waals surface area contributed by atoms with Gasteiger partial charge in [-0.2, -0.15) is 4.37 Å². The van der Waals surface area contributed by atoms with Crippen molar-refractivity contribution in [2.75, 3.05) is 11.9 Å². The summed E-state index contributed by atoms with van der Waals surface area (Å²) in [5.41, 5.74) is 0.752. The van der Waals surface area contributed by atoms with Crippen LogP contribution in [0.5, 0.6) is 0 Å². The molecule has 0 saturated heterocycles. The van der Waals surface area contributed by atoms with Gasteiger partial charge in [0.25, 0.3) is 5.89 Å². The third-order valence-electron chi connectivity index (χ3n) is 2.33. The third-order valence-corrected chi connectivity index (χ3v) is 3.16. The van der Waals surface area contributed by atoms with E-state index in [9.17, 15) is 0 Å². The number of anilines is 1. The molecule has 0 radical (unpaired) electrons. The van der Waals surface area contributed by atoms with E-state index in [1.807, 2.05) is 31.2 Å². The average Bonchev–Trinajstić information content (AvgIpc) is 2.95. The molecule has 0 saturated carbocycles. The summed E-state index contributed by atoms with van der Waals surface area (Å²) >= 11 is 1.43. The lowest BCUT2D eigenvalue weighted by molar-refractivity contribution is 0.581. The van der Waals surface area contributed by atoms with Crippen LogP contribution in [0, 0.1) is 0 Å². The molecule has 0 atom stereocenters. The van der Waals surface area contributed by atoms with Gasteiger partial charge in [0.05, 0.1) is 4.70 Å². The molecule has 0 aliphatic rings. The second-order valence-electron chi connectivity index (χ2n) is 3.47. The molecule has 3 aromatic rings. The van der Waals surface area contributed by atoms with Gasteiger partial charge in [-0.3, -0.25) is 0 Å². The molecule has 0 amide bonds. The number of benzene rings is 1. The Labute approximate surface area is 102 Å². The number of hydrogen-bond donors (Lipinski definition) is 1. The third kappa shape index (κ3) is 1.76. The molecule has 2 heterocycles. The Morgan fingerprint density at radius 1 is 1.29 bits per heavy atom. The Balaban J connectivity index is 2.07. The molecule has 0 fully saturated rings. The van der Waals surface area contributed by atoms with E-state index in [1.165, 1.54) is 11.5 Å². The first-order valence-electron chi connectivity index (χ1n) is 5.30. The number of fused-ring (bicyclic) bond motifs is 1. The molecule has 0 aliphatic heterocycles. The lowest BCUT2D eigenvalue weighted by Crippen LogP contribution is -1.95. The number of aromatic nitrogens is 3. The van der Waals surface area contributed by atoms with Crippen molar-refractivity contribution in [3.05, 3.63) is 24.3 Å². The Bertz CT molecular complexity index is 646. The van der Waals surface area contributed by atoms with Crippen LogP contribution < -0.4 is 5.32 Å². The van der Waals surface area contributed by atoms with Crippen LogP contribution in [0.4, 0.5) is 6.01 Å². The zero-order chi connectivity index (χ0) is 11.7. The van der Waals surface area contributed by atoms with Crippen LogP contribution in [0.3, 0.4) is 0 Å². The van der Waals surface area contributed by atoms with Gasteiger partial charge in [-0.15, -0.1) is 5.10 Å². The maximum atomic E-state index is 5.49. The predicted octanol–water partition coefficient (Wildman–Crippen LogP) is 2.78. The van der Waals surface area contributed by atoms with Gasteiger partial charge in [-0.25, -0.2) is 0 Å². The van der Waals surface area contributed by atoms with E-state index in [1.54, 1.807) is 0 Å². The van der Waals surface area contributed by atoms with Gasteiger partial charge in [-0.1, -0.05) is 23.3 Å². The summed E-state index contributed by atoms with van der Waals surface area (Å²) in [4.78, 5) is 0. The van der Waals surface area contributed by atoms with E-state index >= 15 is 0 Å². The number of nitrogens with zero attached hydrogens (tertiary/aromatic N) is 3. The van der Waals surface area contributed by atoms with E-state index in [4.69, 9.17) is 4.42 Å². The van der Waals surface area contributed by atoms with Gasteiger partial charge in [0.2, 0.25) is 0 Å². The first kappa shape index (κ1) is 10.2. The van der Waals surface area contributed by atoms with E-state index in [0.717, 1.165) is 22.3 Å². The van der Waals surface area contributed by atoms with Crippen LogP contribution in [-0.4, -0.2) is 21.1 Å². The van der Waals surface area contributed by atoms with Crippen molar-refractivity contribution >= 4 is 27.6 Å². The summed E-state index contributed by atoms with van der Waals surface area (Å²) in [5.74, 6) is 0.457. The lowest BCUT2D eigenvalue weighted by atomic mass is 10.2. The Hall–Kier alpha value is -1.95. The molecule has 1 aromatic carbocycles. The minimum Gasteiger partial charge on any atom is -0.402 e. The predicted molar refractivity (Wildman–Crippen MR) is 67.1 cm³/mol. The largest absolute Gasteiger partial charge is 0.402 e. The van der Waals surface area contributed by atoms with Crippen LogP contribution >= 0.6 is 11.5 Å². The van der Waals surface area contributed by atoms with E-state index in [0.29, 0.717) is 11.9 Å². The van der Waals surface area contributed by atoms with Crippen LogP contribution in [0.2, 0.25) is 0 Å². The molecule has 3 rings (SSSR count). The maximum absolute atomic E-state index is 5.49. The summed E-state index contributed by atoms with van der Waals surface area (Å²) in [6.07, 6.45) is 0. The Morgan fingerprint density at radius 3 is 3.06 bits per heavy atom. The van der Waals surface area contributed by atoms with Gasteiger partial charge in [0, 0.05) is 11.9 Å². The monoisotopic (exact) mass is 246 g/mol. The normalized spacial score (nSPS) is 10.9. The standard InChI is InChI=1S/C11H10N4OS/c1-2-12-11-14-13-10(16-11)9-7-5-3-4-6-8(7)17-15-9/h3-6H,2H2,1H3,(H,12,14). The molecule has 1 N–H and O–H groups in total. The summed E-state index contributed by atoms with van der Waals surface area (Å²) in [6.45, 7) is 2.72. The molecule has 0 unspecified atom stereocenters. The van der Waals surface area contributed by atoms with Crippen molar-refractivity contribution in [3.63, 3.8) is 0 Å². The van der Waals surface area contributed by atoms with Crippen LogP contribution in [0.1, 0.15) is 6.92 Å². The second-order valence-corrected chi connectivity index (χ2v) is 4.28. The summed E-state index contributed by atoms with van der Waals surface area (Å²) < 4.78 is 11.0. The molecule has 0 bridgehead atoms. The molecule has 2 aromatic heterocycles. The topological polar surface area (TPSA) is 63.8 Å². The van der Waals surface area contributed by atoms with Gasteiger partial charge >= 0.3 is 6.01 Å². The smallest absolute Gasteiger partial charge is 0.315 e. The molecule has 86 valence electrons. The maximum Gasteiger partial charge on any atom is 0.315 e. The fourth-order valence-corrected chi connectivity index (χ4v) is 2.35. The molecular formula is C11H10N4OS. The highest BCUT2D eigenvalue weighted by atomic mass is 32.1. The SMILES string of the molecule is CCNc1nnc(-c2nsc3ccccc23)o1. The van der Waals surface area contributed by atoms with Crippen molar-refractivity contribution in [2.45, 2.75) is 6.92 Å². The summed E-state index contributed by atoms with van der Waals surface area (Å²) in [6, 6.07) is 8.42. The van der Waals surface area contributed by atoms with Gasteiger partial charge in [0.1, 0.15) is 5.69 Å². The summed E-state index contributed by atoms with van der Waals surface area (Å²) in [5, 5.41) is 11.9. The van der Waals surface area contributed by atoms with Crippen LogP contribution in [-0.2, 0) is 0 Å². The first-order chi connectivity index (χ1) is 8.38. The zero-order valence-corrected chi connectivity index (χ0v) is 9.99. The highest BCUT2D eigenvalue weighted by Gasteiger charge is 2.14. The zero-order valence-electron chi connectivity index (χ0n) is 9.17. The molecule has 6 heteroatoms. The van der Waals surface area contributed by atoms with Gasteiger partial charge in [0.15, 0.2) is 0 Å². The van der Waals surface area contributed by atoms with Gasteiger partial charge in [-0.05, 0) is 24.5 Å². The average molecular weight is 246 g/mol. The second kappa shape index (κ2) is 4.14. The van der Waals surface area contributed by atoms with Crippen LogP contribution in [0.15, 0.2) is 28.7 Å². The van der Waals surface area contributed by atoms with Crippen LogP contribution in [0.25, 0.3) is 21.7 Å². The minimum absolute atomic E-state index is 0.430. The van der Waals surface area contributed by atoms with Crippen molar-refractivity contribution in [2.24, 2.45) is 0 Å². The van der Waals surface area contributed by atoms with Crippen molar-refractivity contribution in [1.82, 2.24) is 14.6 Å². The molecule has 5 nitrogen and oxygen atoms in total. The van der Waals surface area contributed by atoms with E-state index in [-0.39, 0.29) is 0 Å². The Kier molecular flexibility index (Phi) is 2.49. The van der Waals surface area contributed by atoms with Crippen molar-refractivity contribution < 1.29 is 4.42 Å². The molecular weight excluding hydrogens is 236 g/mol. The summed E-state index contributed by atoms with van der Waals surface area (Å²) in [7, 11) is 0. The van der Waals surface area contributed by atoms with Gasteiger partial charge < -0.3 is 9.73 Å². The number of rotatable bonds is 3. The first-order valence-corrected chi connectivity index (χ1v) is 6.08. The lowest BCUT2D eigenvalue weighted by Gasteiger charge is -1.92. The Morgan fingerprint density at radius 2 is 2.18 bits per heavy atom. The molecule has 0 aliphatic carbocycles. The number of nitrogens with one attached hydrogen (secondary N) is 1. The minimum atomic E-state index is 0.430. The molecule has 17 heavy (non-hydrogen) atoms. The van der Waals surface area contributed by atoms with E-state index < -0.39 is 0 Å². The van der Waals surface area contributed by atoms with Crippen molar-refractivity contribution in [1.29, 1.82) is 0 Å². The highest BCUT2D eigenvalue weighted by molar-refractivity contribution is 7.13. The number of hydrogen-bond acceptors (Lipinski definition) is 6. The van der Waals surface area contributed by atoms with Crippen molar-refractivity contribution in [3.8, 4) is 11.6 Å².